The molecule has 0 spiro atoms. The Morgan fingerprint density at radius 3 is 2.62 bits per heavy atom. The second-order valence-electron chi connectivity index (χ2n) is 5.68. The van der Waals surface area contributed by atoms with Crippen LogP contribution in [0, 0.1) is 5.82 Å². The molecule has 136 valence electrons. The molecule has 0 atom stereocenters. The van der Waals surface area contributed by atoms with E-state index in [1.165, 1.54) is 12.4 Å². The third-order valence-corrected chi connectivity index (χ3v) is 3.93. The Morgan fingerprint density at radius 2 is 1.81 bits per heavy atom. The molecule has 0 saturated heterocycles. The molecule has 0 bridgehead atoms. The van der Waals surface area contributed by atoms with Crippen molar-refractivity contribution in [3.05, 3.63) is 54.1 Å². The highest BCUT2D eigenvalue weighted by Crippen LogP contribution is 2.29. The maximum absolute atomic E-state index is 14.1. The van der Waals surface area contributed by atoms with Crippen LogP contribution in [0.25, 0.3) is 10.9 Å². The number of nitrogens with zero attached hydrogens (tertiary/aromatic N) is 2. The average molecular weight is 355 g/mol. The third-order valence-electron chi connectivity index (χ3n) is 3.93. The number of hydrogen-bond donors (Lipinski definition) is 1. The lowest BCUT2D eigenvalue weighted by Crippen LogP contribution is -2.08. The molecular formula is C20H22FN3O2. The van der Waals surface area contributed by atoms with Gasteiger partial charge < -0.3 is 14.8 Å². The Labute approximate surface area is 152 Å². The van der Waals surface area contributed by atoms with Gasteiger partial charge >= 0.3 is 0 Å². The standard InChI is InChI=1S/C20H22FN3O2/c1-3-25-17-9-8-14(12-18(17)26-4-2)10-11-22-20-19-15(21)6-5-7-16(19)23-13-24-20/h5-9,12-13H,3-4,10-11H2,1-2H3,(H,22,23,24). The Morgan fingerprint density at radius 1 is 1.00 bits per heavy atom. The van der Waals surface area contributed by atoms with Crippen LogP contribution >= 0.6 is 0 Å². The normalized spacial score (nSPS) is 10.7. The fourth-order valence-electron chi connectivity index (χ4n) is 2.78. The van der Waals surface area contributed by atoms with E-state index in [0.717, 1.165) is 23.5 Å². The highest BCUT2D eigenvalue weighted by molar-refractivity contribution is 5.89. The van der Waals surface area contributed by atoms with Gasteiger partial charge in [0.1, 0.15) is 18.0 Å². The molecule has 0 amide bonds. The predicted molar refractivity (Wildman–Crippen MR) is 100 cm³/mol. The van der Waals surface area contributed by atoms with Crippen LogP contribution in [0.1, 0.15) is 19.4 Å². The number of aromatic nitrogens is 2. The molecule has 0 radical (unpaired) electrons. The quantitative estimate of drug-likeness (QED) is 0.656. The molecule has 26 heavy (non-hydrogen) atoms. The number of anilines is 1. The summed E-state index contributed by atoms with van der Waals surface area (Å²) >= 11 is 0. The lowest BCUT2D eigenvalue weighted by molar-refractivity contribution is 0.287. The first-order chi connectivity index (χ1) is 12.7. The van der Waals surface area contributed by atoms with Crippen LogP contribution in [-0.2, 0) is 6.42 Å². The minimum atomic E-state index is -0.328. The average Bonchev–Trinajstić information content (AvgIpc) is 2.64. The smallest absolute Gasteiger partial charge is 0.161 e. The van der Waals surface area contributed by atoms with Crippen molar-refractivity contribution < 1.29 is 13.9 Å². The minimum Gasteiger partial charge on any atom is -0.490 e. The van der Waals surface area contributed by atoms with Crippen LogP contribution < -0.4 is 14.8 Å². The van der Waals surface area contributed by atoms with Crippen molar-refractivity contribution in [1.82, 2.24) is 9.97 Å². The maximum atomic E-state index is 14.1. The molecule has 0 unspecified atom stereocenters. The van der Waals surface area contributed by atoms with Crippen molar-refractivity contribution in [3.63, 3.8) is 0 Å². The van der Waals surface area contributed by atoms with Gasteiger partial charge in [0.25, 0.3) is 0 Å². The van der Waals surface area contributed by atoms with Gasteiger partial charge in [0.15, 0.2) is 11.5 Å². The number of rotatable bonds is 8. The van der Waals surface area contributed by atoms with Gasteiger partial charge in [0, 0.05) is 6.54 Å². The van der Waals surface area contributed by atoms with Crippen LogP contribution in [-0.4, -0.2) is 29.7 Å². The SMILES string of the molecule is CCOc1ccc(CCNc2ncnc3cccc(F)c23)cc1OCC. The van der Waals surface area contributed by atoms with Gasteiger partial charge in [-0.3, -0.25) is 0 Å². The van der Waals surface area contributed by atoms with E-state index in [-0.39, 0.29) is 5.82 Å². The van der Waals surface area contributed by atoms with Gasteiger partial charge in [-0.2, -0.15) is 0 Å². The van der Waals surface area contributed by atoms with Crippen molar-refractivity contribution in [2.75, 3.05) is 25.1 Å². The third kappa shape index (κ3) is 4.02. The van der Waals surface area contributed by atoms with E-state index < -0.39 is 0 Å². The lowest BCUT2D eigenvalue weighted by atomic mass is 10.1. The summed E-state index contributed by atoms with van der Waals surface area (Å²) in [6.45, 7) is 5.67. The number of hydrogen-bond acceptors (Lipinski definition) is 5. The second-order valence-corrected chi connectivity index (χ2v) is 5.68. The molecule has 1 N–H and O–H groups in total. The fraction of sp³-hybridized carbons (Fsp3) is 0.300. The molecule has 0 fully saturated rings. The van der Waals surface area contributed by atoms with Crippen LogP contribution in [0.5, 0.6) is 11.5 Å². The zero-order valence-corrected chi connectivity index (χ0v) is 15.0. The molecule has 3 aromatic rings. The first kappa shape index (κ1) is 17.9. The molecule has 0 saturated carbocycles. The molecular weight excluding hydrogens is 333 g/mol. The molecule has 0 aliphatic carbocycles. The van der Waals surface area contributed by atoms with Crippen molar-refractivity contribution in [2.24, 2.45) is 0 Å². The van der Waals surface area contributed by atoms with E-state index in [4.69, 9.17) is 9.47 Å². The van der Waals surface area contributed by atoms with Gasteiger partial charge in [-0.1, -0.05) is 12.1 Å². The topological polar surface area (TPSA) is 56.3 Å². The summed E-state index contributed by atoms with van der Waals surface area (Å²) in [4.78, 5) is 8.28. The largest absolute Gasteiger partial charge is 0.490 e. The number of nitrogens with one attached hydrogen (secondary N) is 1. The molecule has 1 aromatic heterocycles. The molecule has 3 rings (SSSR count). The van der Waals surface area contributed by atoms with Gasteiger partial charge in [-0.25, -0.2) is 14.4 Å². The second kappa shape index (κ2) is 8.47. The highest BCUT2D eigenvalue weighted by atomic mass is 19.1. The molecule has 6 heteroatoms. The molecule has 5 nitrogen and oxygen atoms in total. The van der Waals surface area contributed by atoms with Crippen LogP contribution in [0.4, 0.5) is 10.2 Å². The number of fused-ring (bicyclic) bond motifs is 1. The van der Waals surface area contributed by atoms with Gasteiger partial charge in [0.05, 0.1) is 24.1 Å². The Bertz CT molecular complexity index is 881. The molecule has 1 heterocycles. The van der Waals surface area contributed by atoms with Crippen LogP contribution in [0.3, 0.4) is 0 Å². The van der Waals surface area contributed by atoms with Crippen LogP contribution in [0.15, 0.2) is 42.7 Å². The summed E-state index contributed by atoms with van der Waals surface area (Å²) in [6, 6.07) is 10.7. The number of halogens is 1. The van der Waals surface area contributed by atoms with Crippen molar-refractivity contribution >= 4 is 16.7 Å². The van der Waals surface area contributed by atoms with Crippen LogP contribution in [0.2, 0.25) is 0 Å². The van der Waals surface area contributed by atoms with E-state index in [1.54, 1.807) is 12.1 Å². The monoisotopic (exact) mass is 355 g/mol. The highest BCUT2D eigenvalue weighted by Gasteiger charge is 2.09. The Balaban J connectivity index is 1.71. The van der Waals surface area contributed by atoms with Crippen molar-refractivity contribution in [2.45, 2.75) is 20.3 Å². The van der Waals surface area contributed by atoms with E-state index in [1.807, 2.05) is 32.0 Å². The maximum Gasteiger partial charge on any atom is 0.161 e. The lowest BCUT2D eigenvalue weighted by Gasteiger charge is -2.13. The number of benzene rings is 2. The van der Waals surface area contributed by atoms with E-state index >= 15 is 0 Å². The number of ether oxygens (including phenoxy) is 2. The van der Waals surface area contributed by atoms with E-state index in [9.17, 15) is 4.39 Å². The van der Waals surface area contributed by atoms with Gasteiger partial charge in [0.2, 0.25) is 0 Å². The van der Waals surface area contributed by atoms with Crippen molar-refractivity contribution in [3.8, 4) is 11.5 Å². The Hall–Kier alpha value is -2.89. The minimum absolute atomic E-state index is 0.328. The first-order valence-corrected chi connectivity index (χ1v) is 8.74. The van der Waals surface area contributed by atoms with Gasteiger partial charge in [-0.05, 0) is 50.1 Å². The van der Waals surface area contributed by atoms with E-state index in [0.29, 0.717) is 36.5 Å². The fourth-order valence-corrected chi connectivity index (χ4v) is 2.78. The predicted octanol–water partition coefficient (Wildman–Crippen LogP) is 4.22. The summed E-state index contributed by atoms with van der Waals surface area (Å²) in [5.41, 5.74) is 1.69. The summed E-state index contributed by atoms with van der Waals surface area (Å²) in [5.74, 6) is 1.66. The zero-order valence-electron chi connectivity index (χ0n) is 15.0. The van der Waals surface area contributed by atoms with Crippen molar-refractivity contribution in [1.29, 1.82) is 0 Å². The summed E-state index contributed by atoms with van der Waals surface area (Å²) < 4.78 is 25.3. The summed E-state index contributed by atoms with van der Waals surface area (Å²) in [6.07, 6.45) is 2.18. The summed E-state index contributed by atoms with van der Waals surface area (Å²) in [7, 11) is 0. The first-order valence-electron chi connectivity index (χ1n) is 8.74. The molecule has 2 aromatic carbocycles. The summed E-state index contributed by atoms with van der Waals surface area (Å²) in [5, 5.41) is 3.62. The zero-order chi connectivity index (χ0) is 18.4. The van der Waals surface area contributed by atoms with Gasteiger partial charge in [-0.15, -0.1) is 0 Å². The Kier molecular flexibility index (Phi) is 5.84. The molecule has 0 aliphatic heterocycles. The molecule has 0 aliphatic rings. The van der Waals surface area contributed by atoms with E-state index in [2.05, 4.69) is 15.3 Å².